The Balaban J connectivity index is 1.33. The molecule has 2 fully saturated rings. The van der Waals surface area contributed by atoms with Crippen molar-refractivity contribution in [1.82, 2.24) is 15.1 Å². The highest BCUT2D eigenvalue weighted by Crippen LogP contribution is 2.21. The van der Waals surface area contributed by atoms with E-state index in [-0.39, 0.29) is 5.91 Å². The van der Waals surface area contributed by atoms with E-state index in [1.807, 2.05) is 29.2 Å². The van der Waals surface area contributed by atoms with Gasteiger partial charge in [-0.3, -0.25) is 4.79 Å². The first kappa shape index (κ1) is 16.8. The van der Waals surface area contributed by atoms with Gasteiger partial charge in [0.25, 0.3) is 5.91 Å². The van der Waals surface area contributed by atoms with Gasteiger partial charge in [-0.25, -0.2) is 0 Å². The molecule has 1 aliphatic carbocycles. The van der Waals surface area contributed by atoms with Crippen LogP contribution in [0.15, 0.2) is 42.5 Å². The summed E-state index contributed by atoms with van der Waals surface area (Å²) in [5.74, 6) is 0.736. The number of rotatable bonds is 4. The number of anilines is 2. The molecule has 26 heavy (non-hydrogen) atoms. The van der Waals surface area contributed by atoms with Gasteiger partial charge in [0.1, 0.15) is 5.82 Å². The molecule has 2 heterocycles. The number of hydrogen-bond donors (Lipinski definition) is 1. The summed E-state index contributed by atoms with van der Waals surface area (Å²) in [5.41, 5.74) is 1.64. The molecule has 6 nitrogen and oxygen atoms in total. The van der Waals surface area contributed by atoms with Crippen molar-refractivity contribution in [3.05, 3.63) is 48.2 Å². The summed E-state index contributed by atoms with van der Waals surface area (Å²) < 4.78 is 0. The minimum absolute atomic E-state index is 0.0300. The van der Waals surface area contributed by atoms with Crippen molar-refractivity contribution in [2.24, 2.45) is 0 Å². The summed E-state index contributed by atoms with van der Waals surface area (Å²) in [6.07, 6.45) is 4.93. The topological polar surface area (TPSA) is 61.4 Å². The van der Waals surface area contributed by atoms with Crippen molar-refractivity contribution in [1.29, 1.82) is 0 Å². The maximum atomic E-state index is 12.7. The SMILES string of the molecule is O=C(c1ccc(NC2CCCC2)nn1)N1CCN(c2ccccc2)CC1. The fourth-order valence-corrected chi connectivity index (χ4v) is 3.77. The van der Waals surface area contributed by atoms with Crippen LogP contribution in [0.1, 0.15) is 36.2 Å². The van der Waals surface area contributed by atoms with Gasteiger partial charge in [0, 0.05) is 37.9 Å². The van der Waals surface area contributed by atoms with Gasteiger partial charge in [-0.2, -0.15) is 0 Å². The number of nitrogens with zero attached hydrogens (tertiary/aromatic N) is 4. The Labute approximate surface area is 154 Å². The van der Waals surface area contributed by atoms with Gasteiger partial charge in [-0.15, -0.1) is 10.2 Å². The summed E-state index contributed by atoms with van der Waals surface area (Å²) in [4.78, 5) is 16.9. The standard InChI is InChI=1S/C20H25N5O/c26-20(18-10-11-19(23-22-18)21-16-6-4-5-7-16)25-14-12-24(13-15-25)17-8-2-1-3-9-17/h1-3,8-11,16H,4-7,12-15H2,(H,21,23). The van der Waals surface area contributed by atoms with Crippen molar-refractivity contribution in [3.63, 3.8) is 0 Å². The Morgan fingerprint density at radius 3 is 2.31 bits per heavy atom. The molecule has 4 rings (SSSR count). The van der Waals surface area contributed by atoms with Crippen LogP contribution in [0.5, 0.6) is 0 Å². The quantitative estimate of drug-likeness (QED) is 0.918. The molecule has 1 saturated carbocycles. The van der Waals surface area contributed by atoms with Crippen LogP contribution in [0.3, 0.4) is 0 Å². The molecule has 0 radical (unpaired) electrons. The molecule has 1 aliphatic heterocycles. The molecular weight excluding hydrogens is 326 g/mol. The molecule has 0 atom stereocenters. The molecule has 0 unspecified atom stereocenters. The molecule has 2 aliphatic rings. The monoisotopic (exact) mass is 351 g/mol. The van der Waals surface area contributed by atoms with Crippen LogP contribution < -0.4 is 10.2 Å². The smallest absolute Gasteiger partial charge is 0.274 e. The number of para-hydroxylation sites is 1. The van der Waals surface area contributed by atoms with E-state index < -0.39 is 0 Å². The second-order valence-corrected chi connectivity index (χ2v) is 7.04. The van der Waals surface area contributed by atoms with Crippen molar-refractivity contribution >= 4 is 17.4 Å². The Bertz CT molecular complexity index is 720. The fourth-order valence-electron chi connectivity index (χ4n) is 3.77. The number of benzene rings is 1. The molecule has 1 aromatic carbocycles. The number of carbonyl (C=O) groups is 1. The normalized spacial score (nSPS) is 18.2. The predicted molar refractivity (Wildman–Crippen MR) is 102 cm³/mol. The summed E-state index contributed by atoms with van der Waals surface area (Å²) in [7, 11) is 0. The number of piperazine rings is 1. The molecule has 136 valence electrons. The second kappa shape index (κ2) is 7.72. The second-order valence-electron chi connectivity index (χ2n) is 7.04. The first-order valence-corrected chi connectivity index (χ1v) is 9.49. The minimum atomic E-state index is -0.0300. The highest BCUT2D eigenvalue weighted by molar-refractivity contribution is 5.92. The Morgan fingerprint density at radius 1 is 0.923 bits per heavy atom. The molecule has 2 aromatic rings. The lowest BCUT2D eigenvalue weighted by Crippen LogP contribution is -2.49. The van der Waals surface area contributed by atoms with E-state index in [9.17, 15) is 4.79 Å². The average Bonchev–Trinajstić information content (AvgIpc) is 3.22. The number of carbonyl (C=O) groups excluding carboxylic acids is 1. The third kappa shape index (κ3) is 3.79. The zero-order valence-corrected chi connectivity index (χ0v) is 15.0. The minimum Gasteiger partial charge on any atom is -0.368 e. The largest absolute Gasteiger partial charge is 0.368 e. The highest BCUT2D eigenvalue weighted by Gasteiger charge is 2.23. The first-order chi connectivity index (χ1) is 12.8. The van der Waals surface area contributed by atoms with Crippen molar-refractivity contribution < 1.29 is 4.79 Å². The van der Waals surface area contributed by atoms with E-state index in [2.05, 4.69) is 32.5 Å². The first-order valence-electron chi connectivity index (χ1n) is 9.49. The van der Waals surface area contributed by atoms with E-state index >= 15 is 0 Å². The summed E-state index contributed by atoms with van der Waals surface area (Å²) in [6, 6.07) is 14.5. The molecule has 1 aromatic heterocycles. The van der Waals surface area contributed by atoms with Gasteiger partial charge in [0.2, 0.25) is 0 Å². The summed E-state index contributed by atoms with van der Waals surface area (Å²) in [6.45, 7) is 3.09. The van der Waals surface area contributed by atoms with Crippen LogP contribution in [0, 0.1) is 0 Å². The maximum Gasteiger partial charge on any atom is 0.274 e. The number of amides is 1. The third-order valence-corrected chi connectivity index (χ3v) is 5.28. The van der Waals surface area contributed by atoms with E-state index in [1.54, 1.807) is 6.07 Å². The van der Waals surface area contributed by atoms with Gasteiger partial charge in [-0.1, -0.05) is 31.0 Å². The summed E-state index contributed by atoms with van der Waals surface area (Å²) >= 11 is 0. The van der Waals surface area contributed by atoms with Gasteiger partial charge >= 0.3 is 0 Å². The van der Waals surface area contributed by atoms with Gasteiger partial charge in [0.15, 0.2) is 5.69 Å². The van der Waals surface area contributed by atoms with Crippen LogP contribution in [0.2, 0.25) is 0 Å². The Kier molecular flexibility index (Phi) is 5.00. The van der Waals surface area contributed by atoms with Gasteiger partial charge < -0.3 is 15.1 Å². The van der Waals surface area contributed by atoms with Crippen molar-refractivity contribution in [3.8, 4) is 0 Å². The number of nitrogens with one attached hydrogen (secondary N) is 1. The van der Waals surface area contributed by atoms with Gasteiger partial charge in [-0.05, 0) is 37.1 Å². The Hall–Kier alpha value is -2.63. The molecule has 1 amide bonds. The van der Waals surface area contributed by atoms with E-state index in [0.717, 1.165) is 18.9 Å². The molecule has 0 spiro atoms. The highest BCUT2D eigenvalue weighted by atomic mass is 16.2. The predicted octanol–water partition coefficient (Wildman–Crippen LogP) is 2.79. The lowest BCUT2D eigenvalue weighted by Gasteiger charge is -2.35. The van der Waals surface area contributed by atoms with Gasteiger partial charge in [0.05, 0.1) is 0 Å². The zero-order valence-electron chi connectivity index (χ0n) is 15.0. The van der Waals surface area contributed by atoms with Crippen LogP contribution in [0.4, 0.5) is 11.5 Å². The molecule has 1 saturated heterocycles. The van der Waals surface area contributed by atoms with Crippen LogP contribution in [0.25, 0.3) is 0 Å². The molecule has 6 heteroatoms. The van der Waals surface area contributed by atoms with Crippen LogP contribution in [-0.4, -0.2) is 53.2 Å². The average molecular weight is 351 g/mol. The van der Waals surface area contributed by atoms with Crippen LogP contribution >= 0.6 is 0 Å². The van der Waals surface area contributed by atoms with E-state index in [1.165, 1.54) is 31.4 Å². The fraction of sp³-hybridized carbons (Fsp3) is 0.450. The van der Waals surface area contributed by atoms with Crippen molar-refractivity contribution in [2.45, 2.75) is 31.7 Å². The third-order valence-electron chi connectivity index (χ3n) is 5.28. The number of aromatic nitrogens is 2. The summed E-state index contributed by atoms with van der Waals surface area (Å²) in [5, 5.41) is 11.8. The zero-order chi connectivity index (χ0) is 17.8. The van der Waals surface area contributed by atoms with Crippen LogP contribution in [-0.2, 0) is 0 Å². The van der Waals surface area contributed by atoms with E-state index in [4.69, 9.17) is 0 Å². The molecule has 1 N–H and O–H groups in total. The number of hydrogen-bond acceptors (Lipinski definition) is 5. The van der Waals surface area contributed by atoms with Crippen molar-refractivity contribution in [2.75, 3.05) is 36.4 Å². The van der Waals surface area contributed by atoms with E-state index in [0.29, 0.717) is 24.8 Å². The lowest BCUT2D eigenvalue weighted by atomic mass is 10.2. The Morgan fingerprint density at radius 2 is 1.65 bits per heavy atom. The maximum absolute atomic E-state index is 12.7. The molecule has 0 bridgehead atoms. The molecular formula is C20H25N5O. The lowest BCUT2D eigenvalue weighted by molar-refractivity contribution is 0.0739.